The third-order valence-electron chi connectivity index (χ3n) is 2.79. The number of nitrogens with one attached hydrogen (secondary N) is 1. The molecule has 4 nitrogen and oxygen atoms in total. The second kappa shape index (κ2) is 7.34. The first-order valence-corrected chi connectivity index (χ1v) is 6.88. The number of alkyl carbamates (subject to hydrolysis) is 1. The molecule has 0 spiro atoms. The number of ether oxygens (including phenoxy) is 1. The molecule has 2 N–H and O–H groups in total. The highest BCUT2D eigenvalue weighted by Gasteiger charge is 2.17. The lowest BCUT2D eigenvalue weighted by Crippen LogP contribution is -2.33. The van der Waals surface area contributed by atoms with Crippen molar-refractivity contribution in [2.24, 2.45) is 0 Å². The maximum Gasteiger partial charge on any atom is 0.407 e. The molecule has 0 saturated carbocycles. The van der Waals surface area contributed by atoms with Crippen LogP contribution in [0.4, 0.5) is 4.79 Å². The van der Waals surface area contributed by atoms with Crippen LogP contribution in [0.1, 0.15) is 46.5 Å². The molecule has 1 rings (SSSR count). The van der Waals surface area contributed by atoms with E-state index in [0.717, 1.165) is 31.3 Å². The Balaban J connectivity index is 2.44. The van der Waals surface area contributed by atoms with Gasteiger partial charge >= 0.3 is 6.09 Å². The Morgan fingerprint density at radius 3 is 2.53 bits per heavy atom. The number of carbonyl (C=O) groups is 1. The fourth-order valence-electron chi connectivity index (χ4n) is 1.98. The van der Waals surface area contributed by atoms with Gasteiger partial charge in [-0.05, 0) is 57.6 Å². The first-order chi connectivity index (χ1) is 8.92. The number of amides is 1. The van der Waals surface area contributed by atoms with Crippen LogP contribution < -0.4 is 5.32 Å². The highest BCUT2D eigenvalue weighted by atomic mass is 16.6. The molecule has 0 heterocycles. The van der Waals surface area contributed by atoms with Gasteiger partial charge in [0, 0.05) is 13.2 Å². The zero-order valence-electron chi connectivity index (χ0n) is 12.2. The van der Waals surface area contributed by atoms with E-state index in [0.29, 0.717) is 6.54 Å². The molecule has 0 aromatic heterocycles. The number of hydrogen-bond donors (Lipinski definition) is 2. The predicted molar refractivity (Wildman–Crippen MR) is 76.0 cm³/mol. The lowest BCUT2D eigenvalue weighted by Gasteiger charge is -2.21. The highest BCUT2D eigenvalue weighted by Crippen LogP contribution is 2.22. The van der Waals surface area contributed by atoms with Gasteiger partial charge in [-0.1, -0.05) is 12.2 Å². The molecule has 108 valence electrons. The zero-order valence-corrected chi connectivity index (χ0v) is 12.2. The van der Waals surface area contributed by atoms with Crippen molar-refractivity contribution in [3.8, 4) is 0 Å². The molecule has 19 heavy (non-hydrogen) atoms. The van der Waals surface area contributed by atoms with E-state index in [4.69, 9.17) is 9.84 Å². The van der Waals surface area contributed by atoms with Crippen molar-refractivity contribution >= 4 is 6.09 Å². The Bertz CT molecular complexity index is 364. The Morgan fingerprint density at radius 1 is 1.32 bits per heavy atom. The number of aliphatic hydroxyl groups excluding tert-OH is 1. The molecule has 0 aromatic rings. The normalized spacial score (nSPS) is 15.6. The van der Waals surface area contributed by atoms with Crippen molar-refractivity contribution in [3.63, 3.8) is 0 Å². The predicted octanol–water partition coefficient (Wildman–Crippen LogP) is 2.93. The summed E-state index contributed by atoms with van der Waals surface area (Å²) in [6.07, 6.45) is 7.63. The third kappa shape index (κ3) is 6.43. The number of aliphatic hydroxyl groups is 1. The van der Waals surface area contributed by atoms with Crippen LogP contribution in [-0.4, -0.2) is 30.0 Å². The topological polar surface area (TPSA) is 58.6 Å². The molecule has 0 fully saturated rings. The summed E-state index contributed by atoms with van der Waals surface area (Å²) in [5, 5.41) is 11.7. The largest absolute Gasteiger partial charge is 0.444 e. The van der Waals surface area contributed by atoms with E-state index in [1.54, 1.807) is 0 Å². The lowest BCUT2D eigenvalue weighted by atomic mass is 9.94. The highest BCUT2D eigenvalue weighted by molar-refractivity contribution is 5.68. The van der Waals surface area contributed by atoms with Crippen LogP contribution in [-0.2, 0) is 4.74 Å². The summed E-state index contributed by atoms with van der Waals surface area (Å²) in [5.74, 6) is 0. The Labute approximate surface area is 115 Å². The Hall–Kier alpha value is -1.29. The van der Waals surface area contributed by atoms with Gasteiger partial charge < -0.3 is 15.2 Å². The van der Waals surface area contributed by atoms with Crippen molar-refractivity contribution in [2.75, 3.05) is 13.2 Å². The first kappa shape index (κ1) is 15.8. The number of hydrogen-bond acceptors (Lipinski definition) is 3. The lowest BCUT2D eigenvalue weighted by molar-refractivity contribution is 0.0533. The van der Waals surface area contributed by atoms with Gasteiger partial charge in [-0.3, -0.25) is 0 Å². The quantitative estimate of drug-likeness (QED) is 0.805. The number of rotatable bonds is 5. The monoisotopic (exact) mass is 267 g/mol. The van der Waals surface area contributed by atoms with Gasteiger partial charge in [-0.15, -0.1) is 0 Å². The summed E-state index contributed by atoms with van der Waals surface area (Å²) in [6, 6.07) is 0. The molecule has 0 aromatic carbocycles. The van der Waals surface area contributed by atoms with Crippen molar-refractivity contribution in [1.82, 2.24) is 5.32 Å². The third-order valence-corrected chi connectivity index (χ3v) is 2.79. The molecule has 1 amide bonds. The molecule has 4 heteroatoms. The van der Waals surface area contributed by atoms with Crippen LogP contribution in [0.3, 0.4) is 0 Å². The van der Waals surface area contributed by atoms with E-state index < -0.39 is 5.60 Å². The van der Waals surface area contributed by atoms with Crippen molar-refractivity contribution in [1.29, 1.82) is 0 Å². The van der Waals surface area contributed by atoms with Crippen molar-refractivity contribution in [3.05, 3.63) is 23.3 Å². The zero-order chi connectivity index (χ0) is 14.3. The summed E-state index contributed by atoms with van der Waals surface area (Å²) in [4.78, 5) is 11.6. The molecule has 0 bridgehead atoms. The minimum Gasteiger partial charge on any atom is -0.444 e. The van der Waals surface area contributed by atoms with E-state index in [9.17, 15) is 4.79 Å². The van der Waals surface area contributed by atoms with Crippen LogP contribution in [0.15, 0.2) is 23.3 Å². The summed E-state index contributed by atoms with van der Waals surface area (Å²) in [6.45, 7) is 6.23. The van der Waals surface area contributed by atoms with E-state index in [2.05, 4.69) is 17.5 Å². The fourth-order valence-corrected chi connectivity index (χ4v) is 1.98. The van der Waals surface area contributed by atoms with Gasteiger partial charge in [0.2, 0.25) is 0 Å². The van der Waals surface area contributed by atoms with Crippen molar-refractivity contribution < 1.29 is 14.6 Å². The summed E-state index contributed by atoms with van der Waals surface area (Å²) in [5.41, 5.74) is 1.91. The maximum absolute atomic E-state index is 11.6. The van der Waals surface area contributed by atoms with Crippen LogP contribution >= 0.6 is 0 Å². The fraction of sp³-hybridized carbons (Fsp3) is 0.667. The molecule has 0 unspecified atom stereocenters. The SMILES string of the molecule is CC(C)(C)OC(=O)NCC1=CCCC=C1CCCO. The van der Waals surface area contributed by atoms with Crippen LogP contribution in [0.2, 0.25) is 0 Å². The molecule has 0 aliphatic heterocycles. The molecule has 0 atom stereocenters. The summed E-state index contributed by atoms with van der Waals surface area (Å²) < 4.78 is 5.21. The minimum absolute atomic E-state index is 0.199. The van der Waals surface area contributed by atoms with Gasteiger partial charge in [0.15, 0.2) is 0 Å². The second-order valence-corrected chi connectivity index (χ2v) is 5.72. The number of allylic oxidation sites excluding steroid dienone is 2. The molecule has 0 radical (unpaired) electrons. The van der Waals surface area contributed by atoms with Crippen molar-refractivity contribution in [2.45, 2.75) is 52.1 Å². The first-order valence-electron chi connectivity index (χ1n) is 6.88. The molecular weight excluding hydrogens is 242 g/mol. The number of carbonyl (C=O) groups excluding carboxylic acids is 1. The average molecular weight is 267 g/mol. The van der Waals surface area contributed by atoms with E-state index in [1.807, 2.05) is 20.8 Å². The molecule has 1 aliphatic carbocycles. The van der Waals surface area contributed by atoms with Crippen LogP contribution in [0.5, 0.6) is 0 Å². The molecular formula is C15H25NO3. The van der Waals surface area contributed by atoms with E-state index in [1.165, 1.54) is 5.57 Å². The Kier molecular flexibility index (Phi) is 6.09. The van der Waals surface area contributed by atoms with Gasteiger partial charge in [0.05, 0.1) is 0 Å². The van der Waals surface area contributed by atoms with E-state index in [-0.39, 0.29) is 12.7 Å². The summed E-state index contributed by atoms with van der Waals surface area (Å²) in [7, 11) is 0. The Morgan fingerprint density at radius 2 is 1.95 bits per heavy atom. The minimum atomic E-state index is -0.472. The standard InChI is InChI=1S/C15H25NO3/c1-15(2,3)19-14(18)16-11-13-8-5-4-7-12(13)9-6-10-17/h7-8,17H,4-6,9-11H2,1-3H3,(H,16,18). The maximum atomic E-state index is 11.6. The van der Waals surface area contributed by atoms with Crippen LogP contribution in [0, 0.1) is 0 Å². The van der Waals surface area contributed by atoms with Gasteiger partial charge in [0.25, 0.3) is 0 Å². The van der Waals surface area contributed by atoms with Gasteiger partial charge in [-0.25, -0.2) is 4.79 Å². The average Bonchev–Trinajstić information content (AvgIpc) is 2.32. The van der Waals surface area contributed by atoms with Gasteiger partial charge in [-0.2, -0.15) is 0 Å². The molecule has 0 saturated heterocycles. The van der Waals surface area contributed by atoms with E-state index >= 15 is 0 Å². The molecule has 1 aliphatic rings. The smallest absolute Gasteiger partial charge is 0.407 e. The van der Waals surface area contributed by atoms with Gasteiger partial charge in [0.1, 0.15) is 5.60 Å². The second-order valence-electron chi connectivity index (χ2n) is 5.72. The van der Waals surface area contributed by atoms with Crippen LogP contribution in [0.25, 0.3) is 0 Å². The summed E-state index contributed by atoms with van der Waals surface area (Å²) >= 11 is 0.